The van der Waals surface area contributed by atoms with Crippen molar-refractivity contribution in [1.82, 2.24) is 0 Å². The van der Waals surface area contributed by atoms with Crippen LogP contribution in [0.2, 0.25) is 0 Å². The number of carbonyl (C=O) groups is 1. The third-order valence-corrected chi connectivity index (χ3v) is 2.27. The van der Waals surface area contributed by atoms with Crippen LogP contribution in [-0.2, 0) is 4.79 Å². The Balaban J connectivity index is 2.88. The second-order valence-electron chi connectivity index (χ2n) is 3.70. The van der Waals surface area contributed by atoms with Crippen LogP contribution in [0, 0.1) is 0 Å². The molecule has 0 radical (unpaired) electrons. The molecule has 1 aromatic carbocycles. The van der Waals surface area contributed by atoms with Crippen LogP contribution in [-0.4, -0.2) is 5.91 Å². The van der Waals surface area contributed by atoms with E-state index in [4.69, 9.17) is 11.5 Å². The van der Waals surface area contributed by atoms with Crippen molar-refractivity contribution in [2.75, 3.05) is 0 Å². The van der Waals surface area contributed by atoms with Crippen LogP contribution >= 0.6 is 0 Å². The van der Waals surface area contributed by atoms with Gasteiger partial charge >= 0.3 is 0 Å². The molecule has 3 heteroatoms. The summed E-state index contributed by atoms with van der Waals surface area (Å²) in [6, 6.07) is 6.96. The monoisotopic (exact) mass is 192 g/mol. The maximum atomic E-state index is 10.8. The molecule has 0 bridgehead atoms. The fraction of sp³-hybridized carbons (Fsp3) is 0.364. The molecule has 0 spiro atoms. The Bertz CT molecular complexity index is 317. The molecule has 1 aromatic rings. The normalized spacial score (nSPS) is 12.9. The Morgan fingerprint density at radius 1 is 1.14 bits per heavy atom. The predicted molar refractivity (Wildman–Crippen MR) is 56.7 cm³/mol. The van der Waals surface area contributed by atoms with Crippen molar-refractivity contribution < 1.29 is 4.79 Å². The Hall–Kier alpha value is -1.35. The molecule has 76 valence electrons. The Morgan fingerprint density at radius 2 is 1.57 bits per heavy atom. The van der Waals surface area contributed by atoms with Gasteiger partial charge in [0.25, 0.3) is 0 Å². The van der Waals surface area contributed by atoms with E-state index in [-0.39, 0.29) is 0 Å². The number of nitrogens with two attached hydrogens (primary N) is 2. The molecule has 3 nitrogen and oxygen atoms in total. The highest BCUT2D eigenvalue weighted by molar-refractivity contribution is 5.81. The number of rotatable bonds is 3. The van der Waals surface area contributed by atoms with Gasteiger partial charge in [-0.25, -0.2) is 0 Å². The van der Waals surface area contributed by atoms with Crippen LogP contribution in [0.3, 0.4) is 0 Å². The second-order valence-corrected chi connectivity index (χ2v) is 3.70. The minimum Gasteiger partial charge on any atom is -0.368 e. The van der Waals surface area contributed by atoms with E-state index in [1.165, 1.54) is 5.56 Å². The highest BCUT2D eigenvalue weighted by Gasteiger charge is 2.11. The first kappa shape index (κ1) is 10.7. The molecular weight excluding hydrogens is 176 g/mol. The van der Waals surface area contributed by atoms with E-state index in [9.17, 15) is 4.79 Å². The van der Waals surface area contributed by atoms with Crippen LogP contribution in [0.5, 0.6) is 0 Å². The van der Waals surface area contributed by atoms with Crippen molar-refractivity contribution in [3.8, 4) is 0 Å². The van der Waals surface area contributed by atoms with Gasteiger partial charge < -0.3 is 11.5 Å². The van der Waals surface area contributed by atoms with Crippen molar-refractivity contribution in [3.63, 3.8) is 0 Å². The quantitative estimate of drug-likeness (QED) is 0.757. The van der Waals surface area contributed by atoms with E-state index in [1.54, 1.807) is 0 Å². The van der Waals surface area contributed by atoms with E-state index < -0.39 is 11.9 Å². The standard InChI is InChI=1S/C11H16N2O/c1-7(2)8-3-5-9(6-4-8)10(12)11(13)14/h3-7,10H,12H2,1-2H3,(H2,13,14)/t10-/m0/s1. The molecular formula is C11H16N2O. The molecule has 0 saturated carbocycles. The van der Waals surface area contributed by atoms with Crippen molar-refractivity contribution in [2.24, 2.45) is 11.5 Å². The average molecular weight is 192 g/mol. The topological polar surface area (TPSA) is 69.1 Å². The maximum Gasteiger partial charge on any atom is 0.238 e. The molecule has 1 amide bonds. The number of hydrogen-bond donors (Lipinski definition) is 2. The lowest BCUT2D eigenvalue weighted by atomic mass is 9.99. The summed E-state index contributed by atoms with van der Waals surface area (Å²) < 4.78 is 0. The van der Waals surface area contributed by atoms with Gasteiger partial charge in [-0.05, 0) is 17.0 Å². The first-order chi connectivity index (χ1) is 6.52. The zero-order chi connectivity index (χ0) is 10.7. The largest absolute Gasteiger partial charge is 0.368 e. The van der Waals surface area contributed by atoms with Gasteiger partial charge in [0.1, 0.15) is 6.04 Å². The molecule has 1 atom stereocenters. The average Bonchev–Trinajstić information content (AvgIpc) is 2.16. The van der Waals surface area contributed by atoms with E-state index in [0.717, 1.165) is 5.56 Å². The van der Waals surface area contributed by atoms with Crippen LogP contribution in [0.1, 0.15) is 36.9 Å². The Labute approximate surface area is 84.1 Å². The summed E-state index contributed by atoms with van der Waals surface area (Å²) >= 11 is 0. The van der Waals surface area contributed by atoms with Crippen molar-refractivity contribution in [2.45, 2.75) is 25.8 Å². The smallest absolute Gasteiger partial charge is 0.238 e. The highest BCUT2D eigenvalue weighted by atomic mass is 16.1. The number of hydrogen-bond acceptors (Lipinski definition) is 2. The lowest BCUT2D eigenvalue weighted by Crippen LogP contribution is -2.28. The molecule has 0 aliphatic heterocycles. The van der Waals surface area contributed by atoms with Crippen LogP contribution in [0.25, 0.3) is 0 Å². The number of amides is 1. The van der Waals surface area contributed by atoms with Gasteiger partial charge in [0.15, 0.2) is 0 Å². The van der Waals surface area contributed by atoms with Crippen LogP contribution in [0.4, 0.5) is 0 Å². The van der Waals surface area contributed by atoms with Gasteiger partial charge in [0, 0.05) is 0 Å². The molecule has 14 heavy (non-hydrogen) atoms. The summed E-state index contributed by atoms with van der Waals surface area (Å²) in [5.74, 6) is -0.0175. The third-order valence-electron chi connectivity index (χ3n) is 2.27. The summed E-state index contributed by atoms with van der Waals surface area (Å²) in [5.41, 5.74) is 12.7. The fourth-order valence-corrected chi connectivity index (χ4v) is 1.25. The van der Waals surface area contributed by atoms with Gasteiger partial charge in [0.05, 0.1) is 0 Å². The van der Waals surface area contributed by atoms with Crippen molar-refractivity contribution >= 4 is 5.91 Å². The van der Waals surface area contributed by atoms with E-state index in [1.807, 2.05) is 24.3 Å². The fourth-order valence-electron chi connectivity index (χ4n) is 1.25. The summed E-state index contributed by atoms with van der Waals surface area (Å²) in [7, 11) is 0. The SMILES string of the molecule is CC(C)c1ccc([C@H](N)C(N)=O)cc1. The second kappa shape index (κ2) is 4.24. The van der Waals surface area contributed by atoms with Crippen LogP contribution < -0.4 is 11.5 Å². The summed E-state index contributed by atoms with van der Waals surface area (Å²) in [6.07, 6.45) is 0. The van der Waals surface area contributed by atoms with Crippen molar-refractivity contribution in [1.29, 1.82) is 0 Å². The summed E-state index contributed by atoms with van der Waals surface area (Å²) in [5, 5.41) is 0. The van der Waals surface area contributed by atoms with Crippen LogP contribution in [0.15, 0.2) is 24.3 Å². The minimum atomic E-state index is -0.698. The zero-order valence-electron chi connectivity index (χ0n) is 8.53. The molecule has 0 heterocycles. The van der Waals surface area contributed by atoms with E-state index in [2.05, 4.69) is 13.8 Å². The predicted octanol–water partition coefficient (Wildman–Crippen LogP) is 1.30. The number of benzene rings is 1. The molecule has 0 aromatic heterocycles. The van der Waals surface area contributed by atoms with Crippen molar-refractivity contribution in [3.05, 3.63) is 35.4 Å². The third kappa shape index (κ3) is 2.33. The molecule has 0 unspecified atom stereocenters. The zero-order valence-corrected chi connectivity index (χ0v) is 8.53. The van der Waals surface area contributed by atoms with Gasteiger partial charge in [-0.2, -0.15) is 0 Å². The highest BCUT2D eigenvalue weighted by Crippen LogP contribution is 2.17. The molecule has 0 saturated heterocycles. The lowest BCUT2D eigenvalue weighted by molar-refractivity contribution is -0.119. The molecule has 1 rings (SSSR count). The Kier molecular flexibility index (Phi) is 3.25. The van der Waals surface area contributed by atoms with Gasteiger partial charge in [-0.3, -0.25) is 4.79 Å². The van der Waals surface area contributed by atoms with Gasteiger partial charge in [-0.1, -0.05) is 38.1 Å². The summed E-state index contributed by atoms with van der Waals surface area (Å²) in [4.78, 5) is 10.8. The molecule has 0 fully saturated rings. The molecule has 4 N–H and O–H groups in total. The number of carbonyl (C=O) groups excluding carboxylic acids is 1. The lowest BCUT2D eigenvalue weighted by Gasteiger charge is -2.10. The minimum absolute atomic E-state index is 0.480. The molecule has 0 aliphatic rings. The van der Waals surface area contributed by atoms with Gasteiger partial charge in [0.2, 0.25) is 5.91 Å². The Morgan fingerprint density at radius 3 is 1.93 bits per heavy atom. The first-order valence-corrected chi connectivity index (χ1v) is 4.67. The first-order valence-electron chi connectivity index (χ1n) is 4.67. The van der Waals surface area contributed by atoms with Gasteiger partial charge in [-0.15, -0.1) is 0 Å². The number of primary amides is 1. The summed E-state index contributed by atoms with van der Waals surface area (Å²) in [6.45, 7) is 4.23. The van der Waals surface area contributed by atoms with E-state index in [0.29, 0.717) is 5.92 Å². The maximum absolute atomic E-state index is 10.8. The molecule has 0 aliphatic carbocycles. The van der Waals surface area contributed by atoms with E-state index >= 15 is 0 Å².